The Morgan fingerprint density at radius 3 is 2.58 bits per heavy atom. The predicted molar refractivity (Wildman–Crippen MR) is 121 cm³/mol. The molecule has 1 aromatic heterocycles. The molecule has 160 valence electrons. The lowest BCUT2D eigenvalue weighted by Crippen LogP contribution is -2.40. The molecule has 0 radical (unpaired) electrons. The number of piperidine rings is 1. The third kappa shape index (κ3) is 3.53. The maximum atomic E-state index is 6.01. The predicted octanol–water partition coefficient (Wildman–Crippen LogP) is 5.23. The molecule has 1 aliphatic carbocycles. The molecular weight excluding hydrogens is 388 g/mol. The van der Waals surface area contributed by atoms with Gasteiger partial charge in [0, 0.05) is 17.5 Å². The second-order valence-corrected chi connectivity index (χ2v) is 8.44. The van der Waals surface area contributed by atoms with Crippen molar-refractivity contribution in [3.63, 3.8) is 0 Å². The van der Waals surface area contributed by atoms with Gasteiger partial charge in [-0.05, 0) is 62.2 Å². The number of likely N-dealkylation sites (tertiary alicyclic amines) is 1. The molecule has 1 spiro atoms. The van der Waals surface area contributed by atoms with Crippen molar-refractivity contribution in [1.29, 1.82) is 0 Å². The summed E-state index contributed by atoms with van der Waals surface area (Å²) in [5.41, 5.74) is 4.96. The van der Waals surface area contributed by atoms with Crippen LogP contribution in [0.4, 0.5) is 0 Å². The second kappa shape index (κ2) is 7.89. The summed E-state index contributed by atoms with van der Waals surface area (Å²) < 4.78 is 16.8. The zero-order valence-electron chi connectivity index (χ0n) is 18.4. The number of nitrogens with zero attached hydrogens (tertiary/aromatic N) is 2. The monoisotopic (exact) mass is 416 g/mol. The van der Waals surface area contributed by atoms with Gasteiger partial charge in [-0.1, -0.05) is 36.4 Å². The largest absolute Gasteiger partial charge is 0.493 e. The molecule has 2 aliphatic rings. The molecule has 5 nitrogen and oxygen atoms in total. The van der Waals surface area contributed by atoms with Gasteiger partial charge in [-0.2, -0.15) is 0 Å². The van der Waals surface area contributed by atoms with Crippen LogP contribution >= 0.6 is 0 Å². The summed E-state index contributed by atoms with van der Waals surface area (Å²) in [7, 11) is 3.27. The summed E-state index contributed by atoms with van der Waals surface area (Å²) >= 11 is 0. The molecule has 1 fully saturated rings. The van der Waals surface area contributed by atoms with E-state index in [2.05, 4.69) is 41.3 Å². The van der Waals surface area contributed by atoms with Gasteiger partial charge in [-0.15, -0.1) is 0 Å². The number of benzene rings is 2. The van der Waals surface area contributed by atoms with Crippen molar-refractivity contribution in [3.05, 3.63) is 71.1 Å². The topological polar surface area (TPSA) is 47.7 Å². The summed E-state index contributed by atoms with van der Waals surface area (Å²) in [6.45, 7) is 4.91. The van der Waals surface area contributed by atoms with E-state index in [0.717, 1.165) is 49.5 Å². The van der Waals surface area contributed by atoms with Crippen LogP contribution in [-0.2, 0) is 12.0 Å². The fraction of sp³-hybridized carbons (Fsp3) is 0.346. The lowest BCUT2D eigenvalue weighted by Gasteiger charge is -2.39. The lowest BCUT2D eigenvalue weighted by atomic mass is 9.74. The second-order valence-electron chi connectivity index (χ2n) is 8.44. The standard InChI is InChI=1S/C26H28N2O3/c1-18-22(27-25(31-18)20-8-9-23(29-2)24(16-20)30-3)17-28-14-12-26(13-15-28)11-10-19-6-4-5-7-21(19)26/h4-11,16H,12-15,17H2,1-3H3. The van der Waals surface area contributed by atoms with Gasteiger partial charge in [0.2, 0.25) is 5.89 Å². The zero-order valence-corrected chi connectivity index (χ0v) is 18.4. The smallest absolute Gasteiger partial charge is 0.226 e. The molecular formula is C26H28N2O3. The Kier molecular flexibility index (Phi) is 5.06. The quantitative estimate of drug-likeness (QED) is 0.570. The Labute approximate surface area is 183 Å². The summed E-state index contributed by atoms with van der Waals surface area (Å²) in [6.07, 6.45) is 6.99. The number of aryl methyl sites for hydroxylation is 1. The van der Waals surface area contributed by atoms with E-state index in [1.165, 1.54) is 11.1 Å². The maximum absolute atomic E-state index is 6.01. The average molecular weight is 417 g/mol. The molecule has 0 N–H and O–H groups in total. The fourth-order valence-electron chi connectivity index (χ4n) is 4.86. The Morgan fingerprint density at radius 1 is 1.03 bits per heavy atom. The zero-order chi connectivity index (χ0) is 21.4. The molecule has 2 heterocycles. The van der Waals surface area contributed by atoms with Crippen molar-refractivity contribution in [3.8, 4) is 23.0 Å². The number of allylic oxidation sites excluding steroid dienone is 1. The molecule has 0 saturated carbocycles. The van der Waals surface area contributed by atoms with Crippen molar-refractivity contribution >= 4 is 6.08 Å². The highest BCUT2D eigenvalue weighted by atomic mass is 16.5. The molecule has 0 amide bonds. The van der Waals surface area contributed by atoms with Crippen molar-refractivity contribution in [1.82, 2.24) is 9.88 Å². The Balaban J connectivity index is 1.29. The van der Waals surface area contributed by atoms with Crippen molar-refractivity contribution < 1.29 is 13.9 Å². The summed E-state index contributed by atoms with van der Waals surface area (Å²) in [4.78, 5) is 7.30. The molecule has 1 aliphatic heterocycles. The van der Waals surface area contributed by atoms with Gasteiger partial charge in [0.1, 0.15) is 5.76 Å². The molecule has 0 atom stereocenters. The van der Waals surface area contributed by atoms with E-state index in [0.29, 0.717) is 17.4 Å². The average Bonchev–Trinajstić information content (AvgIpc) is 3.36. The number of methoxy groups -OCH3 is 2. The number of hydrogen-bond acceptors (Lipinski definition) is 5. The van der Waals surface area contributed by atoms with Crippen molar-refractivity contribution in [2.24, 2.45) is 0 Å². The van der Waals surface area contributed by atoms with Gasteiger partial charge in [0.15, 0.2) is 11.5 Å². The van der Waals surface area contributed by atoms with Gasteiger partial charge in [0.25, 0.3) is 0 Å². The molecule has 2 aromatic carbocycles. The summed E-state index contributed by atoms with van der Waals surface area (Å²) in [5.74, 6) is 2.86. The van der Waals surface area contributed by atoms with Gasteiger partial charge in [-0.25, -0.2) is 4.98 Å². The minimum absolute atomic E-state index is 0.205. The fourth-order valence-corrected chi connectivity index (χ4v) is 4.86. The van der Waals surface area contributed by atoms with E-state index in [4.69, 9.17) is 18.9 Å². The van der Waals surface area contributed by atoms with E-state index in [1.807, 2.05) is 25.1 Å². The highest BCUT2D eigenvalue weighted by molar-refractivity contribution is 5.65. The van der Waals surface area contributed by atoms with Crippen LogP contribution in [0.3, 0.4) is 0 Å². The van der Waals surface area contributed by atoms with Crippen LogP contribution in [0.5, 0.6) is 11.5 Å². The molecule has 3 aromatic rings. The van der Waals surface area contributed by atoms with Gasteiger partial charge < -0.3 is 13.9 Å². The van der Waals surface area contributed by atoms with E-state index < -0.39 is 0 Å². The number of oxazole rings is 1. The van der Waals surface area contributed by atoms with E-state index in [-0.39, 0.29) is 5.41 Å². The first-order valence-corrected chi connectivity index (χ1v) is 10.8. The first-order chi connectivity index (χ1) is 15.1. The SMILES string of the molecule is COc1ccc(-c2nc(CN3CCC4(C=Cc5ccccc54)CC3)c(C)o2)cc1OC. The first kappa shape index (κ1) is 19.9. The van der Waals surface area contributed by atoms with Crippen LogP contribution in [0.2, 0.25) is 0 Å². The minimum Gasteiger partial charge on any atom is -0.493 e. The van der Waals surface area contributed by atoms with Crippen molar-refractivity contribution in [2.75, 3.05) is 27.3 Å². The summed E-state index contributed by atoms with van der Waals surface area (Å²) in [6, 6.07) is 14.5. The Morgan fingerprint density at radius 2 is 1.81 bits per heavy atom. The molecule has 31 heavy (non-hydrogen) atoms. The number of ether oxygens (including phenoxy) is 2. The van der Waals surface area contributed by atoms with Crippen LogP contribution in [-0.4, -0.2) is 37.2 Å². The minimum atomic E-state index is 0.205. The number of aromatic nitrogens is 1. The Bertz CT molecular complexity index is 1120. The van der Waals surface area contributed by atoms with Crippen LogP contribution < -0.4 is 9.47 Å². The van der Waals surface area contributed by atoms with E-state index in [1.54, 1.807) is 14.2 Å². The first-order valence-electron chi connectivity index (χ1n) is 10.8. The molecule has 1 saturated heterocycles. The molecule has 0 bridgehead atoms. The van der Waals surface area contributed by atoms with Gasteiger partial charge in [-0.3, -0.25) is 4.90 Å². The molecule has 5 heteroatoms. The normalized spacial score (nSPS) is 17.1. The molecule has 0 unspecified atom stereocenters. The van der Waals surface area contributed by atoms with Gasteiger partial charge in [0.05, 0.1) is 19.9 Å². The highest BCUT2D eigenvalue weighted by Gasteiger charge is 2.37. The number of fused-ring (bicyclic) bond motifs is 2. The van der Waals surface area contributed by atoms with E-state index >= 15 is 0 Å². The van der Waals surface area contributed by atoms with Gasteiger partial charge >= 0.3 is 0 Å². The highest BCUT2D eigenvalue weighted by Crippen LogP contribution is 2.43. The van der Waals surface area contributed by atoms with Crippen molar-refractivity contribution in [2.45, 2.75) is 31.7 Å². The van der Waals surface area contributed by atoms with Crippen LogP contribution in [0.15, 0.2) is 53.0 Å². The van der Waals surface area contributed by atoms with Crippen LogP contribution in [0.1, 0.15) is 35.4 Å². The van der Waals surface area contributed by atoms with Crippen LogP contribution in [0, 0.1) is 6.92 Å². The molecule has 5 rings (SSSR count). The summed E-state index contributed by atoms with van der Waals surface area (Å²) in [5, 5.41) is 0. The number of hydrogen-bond donors (Lipinski definition) is 0. The number of rotatable bonds is 5. The third-order valence-electron chi connectivity index (χ3n) is 6.72. The maximum Gasteiger partial charge on any atom is 0.226 e. The Hall–Kier alpha value is -3.05. The van der Waals surface area contributed by atoms with E-state index in [9.17, 15) is 0 Å². The van der Waals surface area contributed by atoms with Crippen LogP contribution in [0.25, 0.3) is 17.5 Å². The third-order valence-corrected chi connectivity index (χ3v) is 6.72. The lowest BCUT2D eigenvalue weighted by molar-refractivity contribution is 0.175.